The van der Waals surface area contributed by atoms with Crippen LogP contribution in [0.3, 0.4) is 0 Å². The minimum Gasteiger partial charge on any atom is -0.328 e. The number of nitrogens with two attached hydrogens (primary N) is 1. The summed E-state index contributed by atoms with van der Waals surface area (Å²) in [5.41, 5.74) is 5.79. The molecule has 1 saturated heterocycles. The van der Waals surface area contributed by atoms with Crippen LogP contribution in [0.2, 0.25) is 0 Å². The molecule has 3 nitrogen and oxygen atoms in total. The smallest absolute Gasteiger partial charge is 0.0930 e. The third kappa shape index (κ3) is 3.54. The third-order valence-electron chi connectivity index (χ3n) is 3.05. The molecule has 0 radical (unpaired) electrons. The first-order chi connectivity index (χ1) is 7.74. The van der Waals surface area contributed by atoms with Crippen molar-refractivity contribution in [2.75, 3.05) is 13.1 Å². The number of nitrogens with one attached hydrogen (secondary N) is 1. The van der Waals surface area contributed by atoms with E-state index in [-0.39, 0.29) is 6.04 Å². The van der Waals surface area contributed by atoms with Gasteiger partial charge in [-0.15, -0.1) is 11.3 Å². The second-order valence-electron chi connectivity index (χ2n) is 4.80. The zero-order valence-electron chi connectivity index (χ0n) is 9.91. The van der Waals surface area contributed by atoms with Crippen molar-refractivity contribution in [3.63, 3.8) is 0 Å². The Labute approximate surface area is 101 Å². The van der Waals surface area contributed by atoms with Gasteiger partial charge in [-0.3, -0.25) is 0 Å². The first-order valence-electron chi connectivity index (χ1n) is 6.14. The normalized spacial score (nSPS) is 19.9. The summed E-state index contributed by atoms with van der Waals surface area (Å²) in [4.78, 5) is 5.84. The second kappa shape index (κ2) is 5.75. The van der Waals surface area contributed by atoms with E-state index in [9.17, 15) is 0 Å². The van der Waals surface area contributed by atoms with Crippen LogP contribution in [0.25, 0.3) is 0 Å². The Morgan fingerprint density at radius 1 is 1.56 bits per heavy atom. The van der Waals surface area contributed by atoms with Gasteiger partial charge in [0.2, 0.25) is 0 Å². The van der Waals surface area contributed by atoms with E-state index in [2.05, 4.69) is 10.3 Å². The molecule has 0 spiro atoms. The van der Waals surface area contributed by atoms with Gasteiger partial charge in [0.1, 0.15) is 0 Å². The SMILES string of the molecule is CC(N)Cc1cnc(CC2CCNCC2)s1. The number of hydrogen-bond donors (Lipinski definition) is 2. The monoisotopic (exact) mass is 239 g/mol. The molecule has 0 aliphatic carbocycles. The first kappa shape index (κ1) is 12.0. The Morgan fingerprint density at radius 2 is 2.31 bits per heavy atom. The largest absolute Gasteiger partial charge is 0.328 e. The lowest BCUT2D eigenvalue weighted by Gasteiger charge is -2.21. The van der Waals surface area contributed by atoms with Crippen LogP contribution >= 0.6 is 11.3 Å². The van der Waals surface area contributed by atoms with Gasteiger partial charge in [0.25, 0.3) is 0 Å². The number of rotatable bonds is 4. The van der Waals surface area contributed by atoms with Crippen LogP contribution in [0.1, 0.15) is 29.7 Å². The van der Waals surface area contributed by atoms with E-state index in [0.29, 0.717) is 0 Å². The molecule has 4 heteroatoms. The fourth-order valence-corrected chi connectivity index (χ4v) is 3.37. The van der Waals surface area contributed by atoms with Gasteiger partial charge in [0.05, 0.1) is 5.01 Å². The van der Waals surface area contributed by atoms with Crippen molar-refractivity contribution in [2.45, 2.75) is 38.6 Å². The molecule has 2 rings (SSSR count). The number of hydrogen-bond acceptors (Lipinski definition) is 4. The second-order valence-corrected chi connectivity index (χ2v) is 6.00. The minimum absolute atomic E-state index is 0.243. The van der Waals surface area contributed by atoms with Crippen molar-refractivity contribution in [3.05, 3.63) is 16.1 Å². The summed E-state index contributed by atoms with van der Waals surface area (Å²) in [6.07, 6.45) is 6.71. The summed E-state index contributed by atoms with van der Waals surface area (Å²) in [6, 6.07) is 0.243. The van der Waals surface area contributed by atoms with Gasteiger partial charge < -0.3 is 11.1 Å². The molecule has 0 bridgehead atoms. The summed E-state index contributed by atoms with van der Waals surface area (Å²) in [7, 11) is 0. The number of aromatic nitrogens is 1. The summed E-state index contributed by atoms with van der Waals surface area (Å²) in [5, 5.41) is 4.69. The standard InChI is InChI=1S/C12H21N3S/c1-9(13)6-11-8-15-12(16-11)7-10-2-4-14-5-3-10/h8-10,14H,2-7,13H2,1H3. The van der Waals surface area contributed by atoms with Gasteiger partial charge >= 0.3 is 0 Å². The van der Waals surface area contributed by atoms with Crippen LogP contribution in [-0.2, 0) is 12.8 Å². The average Bonchev–Trinajstić information content (AvgIpc) is 2.66. The van der Waals surface area contributed by atoms with Crippen LogP contribution in [0.5, 0.6) is 0 Å². The van der Waals surface area contributed by atoms with E-state index in [1.165, 1.54) is 35.8 Å². The highest BCUT2D eigenvalue weighted by molar-refractivity contribution is 7.11. The Morgan fingerprint density at radius 3 is 3.00 bits per heavy atom. The highest BCUT2D eigenvalue weighted by Crippen LogP contribution is 2.22. The van der Waals surface area contributed by atoms with Crippen LogP contribution in [0, 0.1) is 5.92 Å². The van der Waals surface area contributed by atoms with Crippen LogP contribution in [0.15, 0.2) is 6.20 Å². The summed E-state index contributed by atoms with van der Waals surface area (Å²) in [5.74, 6) is 0.829. The van der Waals surface area contributed by atoms with Crippen LogP contribution in [0.4, 0.5) is 0 Å². The Hall–Kier alpha value is -0.450. The molecule has 1 aliphatic heterocycles. The zero-order valence-corrected chi connectivity index (χ0v) is 10.7. The van der Waals surface area contributed by atoms with Crippen molar-refractivity contribution >= 4 is 11.3 Å². The molecule has 0 saturated carbocycles. The summed E-state index contributed by atoms with van der Waals surface area (Å²) in [6.45, 7) is 4.39. The van der Waals surface area contributed by atoms with Crippen LogP contribution < -0.4 is 11.1 Å². The zero-order chi connectivity index (χ0) is 11.4. The molecular formula is C12H21N3S. The van der Waals surface area contributed by atoms with E-state index < -0.39 is 0 Å². The molecule has 2 heterocycles. The molecule has 0 aromatic carbocycles. The van der Waals surface area contributed by atoms with E-state index >= 15 is 0 Å². The average molecular weight is 239 g/mol. The highest BCUT2D eigenvalue weighted by atomic mass is 32.1. The van der Waals surface area contributed by atoms with E-state index in [1.54, 1.807) is 0 Å². The Bertz CT molecular complexity index is 316. The Balaban J connectivity index is 1.86. The Kier molecular flexibility index (Phi) is 4.32. The maximum absolute atomic E-state index is 5.79. The molecule has 1 aromatic rings. The number of thiazole rings is 1. The predicted octanol–water partition coefficient (Wildman–Crippen LogP) is 1.57. The maximum Gasteiger partial charge on any atom is 0.0930 e. The molecule has 1 aliphatic rings. The quantitative estimate of drug-likeness (QED) is 0.838. The van der Waals surface area contributed by atoms with Gasteiger partial charge in [-0.05, 0) is 45.2 Å². The third-order valence-corrected chi connectivity index (χ3v) is 4.09. The molecule has 1 atom stereocenters. The van der Waals surface area contributed by atoms with Crippen molar-refractivity contribution in [3.8, 4) is 0 Å². The van der Waals surface area contributed by atoms with Gasteiger partial charge in [-0.2, -0.15) is 0 Å². The fourth-order valence-electron chi connectivity index (χ4n) is 2.19. The molecule has 90 valence electrons. The molecule has 1 aromatic heterocycles. The minimum atomic E-state index is 0.243. The molecule has 1 fully saturated rings. The first-order valence-corrected chi connectivity index (χ1v) is 6.95. The van der Waals surface area contributed by atoms with Gasteiger partial charge in [-0.1, -0.05) is 0 Å². The van der Waals surface area contributed by atoms with E-state index in [4.69, 9.17) is 5.73 Å². The summed E-state index contributed by atoms with van der Waals surface area (Å²) < 4.78 is 0. The molecular weight excluding hydrogens is 218 g/mol. The lowest BCUT2D eigenvalue weighted by Crippen LogP contribution is -2.28. The topological polar surface area (TPSA) is 50.9 Å². The summed E-state index contributed by atoms with van der Waals surface area (Å²) >= 11 is 1.84. The van der Waals surface area contributed by atoms with E-state index in [1.807, 2.05) is 24.5 Å². The molecule has 16 heavy (non-hydrogen) atoms. The van der Waals surface area contributed by atoms with Crippen molar-refractivity contribution in [1.82, 2.24) is 10.3 Å². The maximum atomic E-state index is 5.79. The number of piperidine rings is 1. The van der Waals surface area contributed by atoms with Crippen molar-refractivity contribution in [2.24, 2.45) is 11.7 Å². The van der Waals surface area contributed by atoms with Gasteiger partial charge in [0.15, 0.2) is 0 Å². The number of nitrogens with zero attached hydrogens (tertiary/aromatic N) is 1. The molecule has 0 amide bonds. The predicted molar refractivity (Wildman–Crippen MR) is 68.8 cm³/mol. The highest BCUT2D eigenvalue weighted by Gasteiger charge is 2.15. The lowest BCUT2D eigenvalue weighted by atomic mass is 9.95. The lowest BCUT2D eigenvalue weighted by molar-refractivity contribution is 0.372. The fraction of sp³-hybridized carbons (Fsp3) is 0.750. The molecule has 3 N–H and O–H groups in total. The van der Waals surface area contributed by atoms with Gasteiger partial charge in [-0.25, -0.2) is 4.98 Å². The van der Waals surface area contributed by atoms with Crippen molar-refractivity contribution in [1.29, 1.82) is 0 Å². The van der Waals surface area contributed by atoms with E-state index in [0.717, 1.165) is 18.8 Å². The van der Waals surface area contributed by atoms with Crippen LogP contribution in [-0.4, -0.2) is 24.1 Å². The molecule has 1 unspecified atom stereocenters. The van der Waals surface area contributed by atoms with Gasteiger partial charge in [0, 0.05) is 23.5 Å². The van der Waals surface area contributed by atoms with Crippen molar-refractivity contribution < 1.29 is 0 Å².